The van der Waals surface area contributed by atoms with E-state index < -0.39 is 0 Å². The van der Waals surface area contributed by atoms with Crippen molar-refractivity contribution in [3.63, 3.8) is 0 Å². The average molecular weight is 176 g/mol. The van der Waals surface area contributed by atoms with Gasteiger partial charge in [-0.15, -0.1) is 0 Å². The van der Waals surface area contributed by atoms with Crippen LogP contribution < -0.4 is 4.72 Å². The Hall–Kier alpha value is 0.620. The van der Waals surface area contributed by atoms with E-state index in [4.69, 9.17) is 0 Å². The number of hydrogen-bond acceptors (Lipinski definition) is 4. The van der Waals surface area contributed by atoms with Crippen molar-refractivity contribution in [2.24, 2.45) is 0 Å². The van der Waals surface area contributed by atoms with Crippen molar-refractivity contribution < 1.29 is 0 Å². The molecule has 0 aliphatic carbocycles. The summed E-state index contributed by atoms with van der Waals surface area (Å²) in [5.41, 5.74) is 0. The van der Waals surface area contributed by atoms with Crippen LogP contribution in [0.2, 0.25) is 0 Å². The molecule has 2 heterocycles. The lowest BCUT2D eigenvalue weighted by Crippen LogP contribution is -2.21. The molecule has 0 spiro atoms. The first-order chi connectivity index (χ1) is 4.97. The summed E-state index contributed by atoms with van der Waals surface area (Å²) in [5, 5.41) is 0.757. The van der Waals surface area contributed by atoms with Crippen LogP contribution in [0.15, 0.2) is 0 Å². The fourth-order valence-electron chi connectivity index (χ4n) is 1.29. The third-order valence-corrected chi connectivity index (χ3v) is 4.32. The van der Waals surface area contributed by atoms with Gasteiger partial charge in [-0.25, -0.2) is 4.31 Å². The molecule has 1 atom stereocenters. The molecule has 0 radical (unpaired) electrons. The zero-order valence-electron chi connectivity index (χ0n) is 5.88. The van der Waals surface area contributed by atoms with Gasteiger partial charge in [-0.3, -0.25) is 4.72 Å². The summed E-state index contributed by atoms with van der Waals surface area (Å²) in [5.74, 6) is 1.33. The molecule has 1 N–H and O–H groups in total. The van der Waals surface area contributed by atoms with Crippen molar-refractivity contribution >= 4 is 23.9 Å². The Balaban J connectivity index is 1.85. The molecule has 58 valence electrons. The van der Waals surface area contributed by atoms with Gasteiger partial charge in [0.15, 0.2) is 0 Å². The Labute approximate surface area is 70.4 Å². The van der Waals surface area contributed by atoms with Gasteiger partial charge in [0.05, 0.1) is 5.37 Å². The molecule has 10 heavy (non-hydrogen) atoms. The van der Waals surface area contributed by atoms with Gasteiger partial charge in [-0.2, -0.15) is 0 Å². The quantitative estimate of drug-likeness (QED) is 0.606. The molecule has 0 saturated carbocycles. The van der Waals surface area contributed by atoms with E-state index >= 15 is 0 Å². The lowest BCUT2D eigenvalue weighted by molar-refractivity contribution is 0.462. The van der Waals surface area contributed by atoms with Gasteiger partial charge < -0.3 is 0 Å². The normalized spacial score (nSPS) is 35.4. The van der Waals surface area contributed by atoms with Crippen molar-refractivity contribution in [2.45, 2.75) is 18.2 Å². The minimum atomic E-state index is 0.757. The lowest BCUT2D eigenvalue weighted by atomic mass is 10.4. The molecule has 0 bridgehead atoms. The fraction of sp³-hybridized carbons (Fsp3) is 1.00. The highest BCUT2D eigenvalue weighted by atomic mass is 32.2. The SMILES string of the molecule is C1CSN(C2CCNS2)C1. The van der Waals surface area contributed by atoms with E-state index in [9.17, 15) is 0 Å². The fourth-order valence-corrected chi connectivity index (χ4v) is 3.51. The van der Waals surface area contributed by atoms with E-state index in [2.05, 4.69) is 9.03 Å². The van der Waals surface area contributed by atoms with Crippen molar-refractivity contribution in [3.05, 3.63) is 0 Å². The summed E-state index contributed by atoms with van der Waals surface area (Å²) >= 11 is 3.91. The van der Waals surface area contributed by atoms with Crippen LogP contribution in [0, 0.1) is 0 Å². The Morgan fingerprint density at radius 2 is 2.50 bits per heavy atom. The van der Waals surface area contributed by atoms with Crippen LogP contribution in [0.25, 0.3) is 0 Å². The highest BCUT2D eigenvalue weighted by Gasteiger charge is 2.25. The standard InChI is InChI=1S/C6H12N2S2/c1-4-8(9-5-1)6-2-3-7-10-6/h6-7H,1-5H2. The summed E-state index contributed by atoms with van der Waals surface area (Å²) in [6.07, 6.45) is 2.69. The summed E-state index contributed by atoms with van der Waals surface area (Å²) in [6.45, 7) is 2.48. The lowest BCUT2D eigenvalue weighted by Gasteiger charge is -2.18. The predicted octanol–water partition coefficient (Wildman–Crippen LogP) is 1.31. The third-order valence-electron chi connectivity index (χ3n) is 1.81. The molecule has 2 saturated heterocycles. The number of hydrogen-bond donors (Lipinski definition) is 1. The van der Waals surface area contributed by atoms with Crippen molar-refractivity contribution in [3.8, 4) is 0 Å². The second-order valence-corrected chi connectivity index (χ2v) is 4.79. The van der Waals surface area contributed by atoms with Gasteiger partial charge in [-0.1, -0.05) is 23.9 Å². The van der Waals surface area contributed by atoms with Crippen LogP contribution in [0.5, 0.6) is 0 Å². The second-order valence-electron chi connectivity index (χ2n) is 2.58. The minimum Gasteiger partial charge on any atom is -0.263 e. The molecule has 0 aromatic rings. The monoisotopic (exact) mass is 176 g/mol. The van der Waals surface area contributed by atoms with Gasteiger partial charge >= 0.3 is 0 Å². The van der Waals surface area contributed by atoms with E-state index in [1.165, 1.54) is 31.7 Å². The van der Waals surface area contributed by atoms with Crippen LogP contribution in [0.3, 0.4) is 0 Å². The average Bonchev–Trinajstić information content (AvgIpc) is 2.59. The molecule has 0 aromatic heterocycles. The topological polar surface area (TPSA) is 15.3 Å². The first-order valence-corrected chi connectivity index (χ1v) is 5.57. The van der Waals surface area contributed by atoms with Crippen molar-refractivity contribution in [2.75, 3.05) is 18.8 Å². The number of nitrogens with one attached hydrogen (secondary N) is 1. The smallest absolute Gasteiger partial charge is 0.0812 e. The summed E-state index contributed by atoms with van der Waals surface area (Å²) in [7, 11) is 0. The molecule has 0 amide bonds. The van der Waals surface area contributed by atoms with Crippen LogP contribution in [0.4, 0.5) is 0 Å². The van der Waals surface area contributed by atoms with Gasteiger partial charge in [0.25, 0.3) is 0 Å². The zero-order chi connectivity index (χ0) is 6.81. The maximum absolute atomic E-state index is 3.31. The maximum Gasteiger partial charge on any atom is 0.0812 e. The molecule has 2 aliphatic rings. The molecule has 1 unspecified atom stereocenters. The zero-order valence-corrected chi connectivity index (χ0v) is 7.51. The molecule has 2 fully saturated rings. The van der Waals surface area contributed by atoms with E-state index in [0.717, 1.165) is 5.37 Å². The second kappa shape index (κ2) is 3.34. The van der Waals surface area contributed by atoms with Crippen LogP contribution in [-0.2, 0) is 0 Å². The highest BCUT2D eigenvalue weighted by molar-refractivity contribution is 8.01. The maximum atomic E-state index is 3.31. The first-order valence-electron chi connectivity index (χ1n) is 3.75. The Kier molecular flexibility index (Phi) is 2.43. The van der Waals surface area contributed by atoms with E-state index in [0.29, 0.717) is 0 Å². The van der Waals surface area contributed by atoms with Crippen LogP contribution in [0.1, 0.15) is 12.8 Å². The van der Waals surface area contributed by atoms with Gasteiger partial charge in [0.1, 0.15) is 0 Å². The van der Waals surface area contributed by atoms with Gasteiger partial charge in [0, 0.05) is 18.8 Å². The number of nitrogens with zero attached hydrogens (tertiary/aromatic N) is 1. The van der Waals surface area contributed by atoms with E-state index in [1.807, 2.05) is 23.9 Å². The number of rotatable bonds is 1. The Morgan fingerprint density at radius 3 is 3.10 bits per heavy atom. The van der Waals surface area contributed by atoms with E-state index in [-0.39, 0.29) is 0 Å². The summed E-state index contributed by atoms with van der Waals surface area (Å²) < 4.78 is 5.83. The molecule has 0 aromatic carbocycles. The largest absolute Gasteiger partial charge is 0.263 e. The Morgan fingerprint density at radius 1 is 1.50 bits per heavy atom. The first kappa shape index (κ1) is 7.28. The summed E-state index contributed by atoms with van der Waals surface area (Å²) in [6, 6.07) is 0. The highest BCUT2D eigenvalue weighted by Crippen LogP contribution is 2.31. The Bertz CT molecular complexity index is 94.3. The molecule has 2 nitrogen and oxygen atoms in total. The molecular weight excluding hydrogens is 164 g/mol. The van der Waals surface area contributed by atoms with Gasteiger partial charge in [0.2, 0.25) is 0 Å². The van der Waals surface area contributed by atoms with Crippen molar-refractivity contribution in [1.82, 2.24) is 9.03 Å². The van der Waals surface area contributed by atoms with Crippen molar-refractivity contribution in [1.29, 1.82) is 0 Å². The molecular formula is C6H12N2S2. The van der Waals surface area contributed by atoms with E-state index in [1.54, 1.807) is 0 Å². The van der Waals surface area contributed by atoms with Crippen LogP contribution >= 0.6 is 23.9 Å². The minimum absolute atomic E-state index is 0.757. The summed E-state index contributed by atoms with van der Waals surface area (Å²) in [4.78, 5) is 0. The van der Waals surface area contributed by atoms with Crippen LogP contribution in [-0.4, -0.2) is 28.5 Å². The molecule has 2 aliphatic heterocycles. The third kappa shape index (κ3) is 1.44. The predicted molar refractivity (Wildman–Crippen MR) is 47.8 cm³/mol. The van der Waals surface area contributed by atoms with Gasteiger partial charge in [-0.05, 0) is 12.8 Å². The molecule has 4 heteroatoms. The molecule has 2 rings (SSSR count).